The second-order valence-corrected chi connectivity index (χ2v) is 21.4. The number of carbonyl (C=O) groups excluding carboxylic acids is 2. The van der Waals surface area contributed by atoms with Gasteiger partial charge in [0.15, 0.2) is 6.10 Å². The Balaban J connectivity index is 4.31. The van der Waals surface area contributed by atoms with Crippen LogP contribution in [0, 0.1) is 0 Å². The van der Waals surface area contributed by atoms with E-state index in [4.69, 9.17) is 18.5 Å². The first-order valence-corrected chi connectivity index (χ1v) is 30.4. The fourth-order valence-electron chi connectivity index (χ4n) is 7.21. The molecule has 0 spiro atoms. The van der Waals surface area contributed by atoms with Crippen LogP contribution in [0.15, 0.2) is 134 Å². The van der Waals surface area contributed by atoms with E-state index in [2.05, 4.69) is 148 Å². The van der Waals surface area contributed by atoms with Crippen molar-refractivity contribution in [3.05, 3.63) is 134 Å². The van der Waals surface area contributed by atoms with Crippen LogP contribution in [-0.4, -0.2) is 74.9 Å². The van der Waals surface area contributed by atoms with Crippen molar-refractivity contribution in [2.24, 2.45) is 0 Å². The average Bonchev–Trinajstić information content (AvgIpc) is 3.36. The Morgan fingerprint density at radius 3 is 1.19 bits per heavy atom. The van der Waals surface area contributed by atoms with E-state index in [0.717, 1.165) is 109 Å². The number of esters is 2. The lowest BCUT2D eigenvalue weighted by molar-refractivity contribution is -0.870. The Morgan fingerprint density at radius 2 is 0.770 bits per heavy atom. The molecule has 0 aliphatic heterocycles. The zero-order valence-corrected chi connectivity index (χ0v) is 48.4. The first-order chi connectivity index (χ1) is 36.0. The molecule has 10 heteroatoms. The van der Waals surface area contributed by atoms with Crippen LogP contribution in [0.4, 0.5) is 0 Å². The van der Waals surface area contributed by atoms with Crippen molar-refractivity contribution in [3.63, 3.8) is 0 Å². The first kappa shape index (κ1) is 70.1. The van der Waals surface area contributed by atoms with Gasteiger partial charge in [-0.15, -0.1) is 0 Å². The third-order valence-corrected chi connectivity index (χ3v) is 12.6. The molecule has 0 fully saturated rings. The van der Waals surface area contributed by atoms with E-state index in [1.165, 1.54) is 64.2 Å². The van der Waals surface area contributed by atoms with Gasteiger partial charge in [0.05, 0.1) is 27.7 Å². The molecule has 0 aliphatic carbocycles. The number of phosphoric acid groups is 1. The highest BCUT2D eigenvalue weighted by Gasteiger charge is 2.27. The van der Waals surface area contributed by atoms with Gasteiger partial charge in [-0.05, 0) is 116 Å². The monoisotopic (exact) mass is 1050 g/mol. The molecule has 0 saturated heterocycles. The normalized spacial score (nSPS) is 14.3. The van der Waals surface area contributed by atoms with Gasteiger partial charge in [0.1, 0.15) is 19.8 Å². The van der Waals surface area contributed by atoms with Crippen LogP contribution in [0.2, 0.25) is 0 Å². The van der Waals surface area contributed by atoms with Gasteiger partial charge in [-0.25, -0.2) is 4.57 Å². The van der Waals surface area contributed by atoms with Crippen LogP contribution in [0.5, 0.6) is 0 Å². The number of phosphoric ester groups is 1. The van der Waals surface area contributed by atoms with Crippen LogP contribution in [0.25, 0.3) is 0 Å². The van der Waals surface area contributed by atoms with Crippen molar-refractivity contribution in [2.75, 3.05) is 47.5 Å². The van der Waals surface area contributed by atoms with Crippen molar-refractivity contribution in [1.82, 2.24) is 0 Å². The summed E-state index contributed by atoms with van der Waals surface area (Å²) in [5.41, 5.74) is 0. The maximum absolute atomic E-state index is 12.8. The summed E-state index contributed by atoms with van der Waals surface area (Å²) in [7, 11) is 1.43. The summed E-state index contributed by atoms with van der Waals surface area (Å²) >= 11 is 0. The smallest absolute Gasteiger partial charge is 0.462 e. The van der Waals surface area contributed by atoms with Gasteiger partial charge in [0, 0.05) is 12.8 Å². The van der Waals surface area contributed by atoms with Gasteiger partial charge >= 0.3 is 19.8 Å². The average molecular weight is 1050 g/mol. The van der Waals surface area contributed by atoms with E-state index in [9.17, 15) is 19.0 Å². The standard InChI is InChI=1S/C64H106NO8P/c1-6-8-10-12-14-16-18-20-22-24-25-26-27-28-29-30-31-32-33-34-35-36-37-38-39-41-43-45-47-49-51-53-55-57-64(67)73-62(61-72-74(68,69)71-59-58-65(3,4)5)60-70-63(66)56-54-52-50-48-46-44-42-40-23-21-19-17-15-13-11-9-7-2/h8,10,14,16,20-23,25-26,28-29,31-32,34-35,37-38,41,43,47,49,62H,6-7,9,11-13,15,17-19,24,27,30,33,36,39-40,42,44-46,48,50-61H2,1-5H3/p+1/b10-8-,16-14-,22-20-,23-21-,26-25-,29-28-,32-31-,35-34-,38-37-,43-41-,49-47-. The molecule has 0 aromatic rings. The topological polar surface area (TPSA) is 108 Å². The quantitative estimate of drug-likeness (QED) is 0.0211. The fraction of sp³-hybridized carbons (Fsp3) is 0.625. The van der Waals surface area contributed by atoms with Crippen molar-refractivity contribution >= 4 is 19.8 Å². The Morgan fingerprint density at radius 1 is 0.432 bits per heavy atom. The highest BCUT2D eigenvalue weighted by molar-refractivity contribution is 7.47. The van der Waals surface area contributed by atoms with Crippen LogP contribution in [-0.2, 0) is 32.7 Å². The lowest BCUT2D eigenvalue weighted by Crippen LogP contribution is -2.37. The molecule has 0 aliphatic rings. The summed E-state index contributed by atoms with van der Waals surface area (Å²) in [6, 6.07) is 0. The number of allylic oxidation sites excluding steroid dienone is 22. The molecule has 0 amide bonds. The largest absolute Gasteiger partial charge is 0.472 e. The lowest BCUT2D eigenvalue weighted by Gasteiger charge is -2.24. The highest BCUT2D eigenvalue weighted by atomic mass is 31.2. The fourth-order valence-corrected chi connectivity index (χ4v) is 7.95. The molecule has 0 rings (SSSR count). The van der Waals surface area contributed by atoms with Gasteiger partial charge in [0.25, 0.3) is 0 Å². The summed E-state index contributed by atoms with van der Waals surface area (Å²) in [4.78, 5) is 35.6. The molecule has 420 valence electrons. The van der Waals surface area contributed by atoms with Gasteiger partial charge in [-0.1, -0.05) is 212 Å². The zero-order valence-electron chi connectivity index (χ0n) is 47.5. The number of ether oxygens (including phenoxy) is 2. The molecule has 74 heavy (non-hydrogen) atoms. The maximum Gasteiger partial charge on any atom is 0.472 e. The van der Waals surface area contributed by atoms with E-state index in [1.54, 1.807) is 0 Å². The van der Waals surface area contributed by atoms with Crippen LogP contribution in [0.3, 0.4) is 0 Å². The molecular weight excluding hydrogens is 942 g/mol. The third-order valence-electron chi connectivity index (χ3n) is 11.7. The van der Waals surface area contributed by atoms with Crippen LogP contribution in [0.1, 0.15) is 206 Å². The zero-order chi connectivity index (χ0) is 54.2. The summed E-state index contributed by atoms with van der Waals surface area (Å²) in [6.07, 6.45) is 78.1. The summed E-state index contributed by atoms with van der Waals surface area (Å²) in [5.74, 6) is -0.863. The second kappa shape index (κ2) is 54.0. The molecule has 9 nitrogen and oxygen atoms in total. The number of unbranched alkanes of at least 4 members (excludes halogenated alkanes) is 15. The van der Waals surface area contributed by atoms with Crippen LogP contribution < -0.4 is 0 Å². The Hall–Kier alpha value is -3.85. The minimum Gasteiger partial charge on any atom is -0.462 e. The number of rotatable bonds is 51. The number of nitrogens with zero attached hydrogens (tertiary/aromatic N) is 1. The minimum atomic E-state index is -4.41. The third kappa shape index (κ3) is 57.4. The van der Waals surface area contributed by atoms with E-state index in [0.29, 0.717) is 17.4 Å². The van der Waals surface area contributed by atoms with Crippen molar-refractivity contribution in [2.45, 2.75) is 213 Å². The number of carbonyl (C=O) groups is 2. The molecule has 0 bridgehead atoms. The highest BCUT2D eigenvalue weighted by Crippen LogP contribution is 2.43. The summed E-state index contributed by atoms with van der Waals surface area (Å²) in [6.45, 7) is 4.24. The van der Waals surface area contributed by atoms with Gasteiger partial charge in [0.2, 0.25) is 0 Å². The van der Waals surface area contributed by atoms with Crippen molar-refractivity contribution in [3.8, 4) is 0 Å². The Bertz CT molecular complexity index is 1710. The number of hydrogen-bond acceptors (Lipinski definition) is 7. The number of likely N-dealkylation sites (N-methyl/N-ethyl adjacent to an activating group) is 1. The molecule has 0 heterocycles. The Kier molecular flexibility index (Phi) is 51.2. The van der Waals surface area contributed by atoms with E-state index in [-0.39, 0.29) is 32.0 Å². The molecule has 2 unspecified atom stereocenters. The predicted molar refractivity (Wildman–Crippen MR) is 316 cm³/mol. The van der Waals surface area contributed by atoms with E-state index >= 15 is 0 Å². The number of hydrogen-bond donors (Lipinski definition) is 1. The van der Waals surface area contributed by atoms with Crippen molar-refractivity contribution < 1.29 is 42.1 Å². The van der Waals surface area contributed by atoms with Gasteiger partial charge in [-0.2, -0.15) is 0 Å². The Labute approximate surface area is 453 Å². The molecule has 1 N–H and O–H groups in total. The molecule has 0 saturated carbocycles. The number of quaternary nitrogens is 1. The van der Waals surface area contributed by atoms with E-state index < -0.39 is 26.5 Å². The van der Waals surface area contributed by atoms with Gasteiger partial charge in [-0.3, -0.25) is 18.6 Å². The van der Waals surface area contributed by atoms with E-state index in [1.807, 2.05) is 21.1 Å². The molecule has 0 aromatic carbocycles. The van der Waals surface area contributed by atoms with Gasteiger partial charge < -0.3 is 18.9 Å². The minimum absolute atomic E-state index is 0.0151. The van der Waals surface area contributed by atoms with Crippen LogP contribution >= 0.6 is 7.82 Å². The second-order valence-electron chi connectivity index (χ2n) is 19.9. The lowest BCUT2D eigenvalue weighted by atomic mass is 10.1. The molecule has 2 atom stereocenters. The molecule has 0 aromatic heterocycles. The molecule has 0 radical (unpaired) electrons. The maximum atomic E-state index is 12.8. The SMILES string of the molecule is CC/C=C\C/C=C\C/C=C\C/C=C\C/C=C\C/C=C\C/C=C\C/C=C\C/C=C\C/C=C\CCCCC(=O)OC(COC(=O)CCCCCCCCC/C=C\CCCCCCCC)COP(=O)(O)OCC[N+](C)(C)C. The first-order valence-electron chi connectivity index (χ1n) is 28.9. The summed E-state index contributed by atoms with van der Waals surface area (Å²) in [5, 5.41) is 0. The summed E-state index contributed by atoms with van der Waals surface area (Å²) < 4.78 is 34.5. The predicted octanol–water partition coefficient (Wildman–Crippen LogP) is 18.1. The van der Waals surface area contributed by atoms with Crippen molar-refractivity contribution in [1.29, 1.82) is 0 Å². The molecular formula is C64H107NO8P+.